The maximum absolute atomic E-state index is 13.0. The molecular formula is C30H34ClNO4. The van der Waals surface area contributed by atoms with Gasteiger partial charge in [-0.1, -0.05) is 92.2 Å². The van der Waals surface area contributed by atoms with Crippen molar-refractivity contribution < 1.29 is 19.1 Å². The van der Waals surface area contributed by atoms with Gasteiger partial charge in [0.1, 0.15) is 18.7 Å². The van der Waals surface area contributed by atoms with Crippen molar-refractivity contribution in [2.24, 2.45) is 5.92 Å². The van der Waals surface area contributed by atoms with Gasteiger partial charge in [0.05, 0.1) is 7.11 Å². The van der Waals surface area contributed by atoms with Crippen LogP contribution in [0.4, 0.5) is 0 Å². The van der Waals surface area contributed by atoms with Crippen molar-refractivity contribution in [1.82, 2.24) is 5.32 Å². The lowest BCUT2D eigenvalue weighted by molar-refractivity contribution is -0.149. The summed E-state index contributed by atoms with van der Waals surface area (Å²) in [5.41, 5.74) is 4.10. The Morgan fingerprint density at radius 1 is 0.806 bits per heavy atom. The van der Waals surface area contributed by atoms with Gasteiger partial charge in [0, 0.05) is 5.02 Å². The molecular weight excluding hydrogens is 474 g/mol. The number of ether oxygens (including phenoxy) is 2. The SMILES string of the molecule is COC(=O)[C@H](Cc1cccc(Cc2cccc(Cl)c2)c1)N[C@@H](CC(C)C)C(=O)OCc1ccccc1. The molecule has 2 atom stereocenters. The quantitative estimate of drug-likeness (QED) is 0.316. The van der Waals surface area contributed by atoms with E-state index in [1.165, 1.54) is 7.11 Å². The summed E-state index contributed by atoms with van der Waals surface area (Å²) >= 11 is 6.13. The van der Waals surface area contributed by atoms with Crippen LogP contribution in [0.1, 0.15) is 42.5 Å². The molecule has 0 aliphatic heterocycles. The fourth-order valence-corrected chi connectivity index (χ4v) is 4.33. The van der Waals surface area contributed by atoms with Gasteiger partial charge in [-0.2, -0.15) is 0 Å². The molecule has 0 heterocycles. The molecule has 6 heteroatoms. The first-order valence-corrected chi connectivity index (χ1v) is 12.6. The normalized spacial score (nSPS) is 12.7. The lowest BCUT2D eigenvalue weighted by Crippen LogP contribution is -2.49. The molecule has 0 fully saturated rings. The molecule has 5 nitrogen and oxygen atoms in total. The zero-order valence-corrected chi connectivity index (χ0v) is 21.8. The first kappa shape index (κ1) is 27.4. The van der Waals surface area contributed by atoms with Crippen LogP contribution in [0.5, 0.6) is 0 Å². The minimum Gasteiger partial charge on any atom is -0.468 e. The van der Waals surface area contributed by atoms with Crippen molar-refractivity contribution in [1.29, 1.82) is 0 Å². The second-order valence-corrected chi connectivity index (χ2v) is 9.79. The molecule has 0 aromatic heterocycles. The molecule has 3 aromatic rings. The fraction of sp³-hybridized carbons (Fsp3) is 0.333. The van der Waals surface area contributed by atoms with Crippen LogP contribution in [0.15, 0.2) is 78.9 Å². The third kappa shape index (κ3) is 8.81. The highest BCUT2D eigenvalue weighted by Gasteiger charge is 2.29. The highest BCUT2D eigenvalue weighted by Crippen LogP contribution is 2.17. The van der Waals surface area contributed by atoms with E-state index in [0.717, 1.165) is 28.7 Å². The maximum Gasteiger partial charge on any atom is 0.323 e. The molecule has 0 saturated heterocycles. The third-order valence-electron chi connectivity index (χ3n) is 5.83. The van der Waals surface area contributed by atoms with Crippen molar-refractivity contribution in [3.63, 3.8) is 0 Å². The van der Waals surface area contributed by atoms with Gasteiger partial charge in [-0.15, -0.1) is 0 Å². The van der Waals surface area contributed by atoms with Crippen LogP contribution in [0, 0.1) is 5.92 Å². The summed E-state index contributed by atoms with van der Waals surface area (Å²) in [5.74, 6) is -0.567. The highest BCUT2D eigenvalue weighted by atomic mass is 35.5. The van der Waals surface area contributed by atoms with E-state index in [1.54, 1.807) is 0 Å². The first-order chi connectivity index (χ1) is 17.3. The summed E-state index contributed by atoms with van der Waals surface area (Å²) in [7, 11) is 1.36. The monoisotopic (exact) mass is 507 g/mol. The molecule has 0 amide bonds. The van der Waals surface area contributed by atoms with Crippen LogP contribution in [-0.4, -0.2) is 31.1 Å². The number of carbonyl (C=O) groups excluding carboxylic acids is 2. The van der Waals surface area contributed by atoms with Gasteiger partial charge in [-0.05, 0) is 59.6 Å². The minimum absolute atomic E-state index is 0.185. The lowest BCUT2D eigenvalue weighted by atomic mass is 9.98. The van der Waals surface area contributed by atoms with Gasteiger partial charge < -0.3 is 9.47 Å². The Kier molecular flexibility index (Phi) is 10.5. The minimum atomic E-state index is -0.690. The van der Waals surface area contributed by atoms with E-state index in [1.807, 2.05) is 86.6 Å². The Hall–Kier alpha value is -3.15. The summed E-state index contributed by atoms with van der Waals surface area (Å²) in [5, 5.41) is 3.93. The van der Waals surface area contributed by atoms with Gasteiger partial charge in [-0.25, -0.2) is 0 Å². The fourth-order valence-electron chi connectivity index (χ4n) is 4.11. The zero-order chi connectivity index (χ0) is 25.9. The standard InChI is InChI=1S/C30H34ClNO4/c1-21(2)15-27(30(34)36-20-22-9-5-4-6-10-22)32-28(29(33)35-3)19-25-12-7-11-23(17-25)16-24-13-8-14-26(31)18-24/h4-14,17-18,21,27-28,32H,15-16,19-20H2,1-3H3/t27-,28-/m0/s1. The lowest BCUT2D eigenvalue weighted by Gasteiger charge is -2.24. The first-order valence-electron chi connectivity index (χ1n) is 12.2. The topological polar surface area (TPSA) is 64.6 Å². The predicted molar refractivity (Wildman–Crippen MR) is 143 cm³/mol. The van der Waals surface area contributed by atoms with Crippen molar-refractivity contribution in [3.05, 3.63) is 106 Å². The smallest absolute Gasteiger partial charge is 0.323 e. The zero-order valence-electron chi connectivity index (χ0n) is 21.1. The summed E-state index contributed by atoms with van der Waals surface area (Å²) in [4.78, 5) is 25.7. The predicted octanol–water partition coefficient (Wildman–Crippen LogP) is 5.76. The van der Waals surface area contributed by atoms with Crippen molar-refractivity contribution >= 4 is 23.5 Å². The average molecular weight is 508 g/mol. The van der Waals surface area contributed by atoms with E-state index in [2.05, 4.69) is 11.4 Å². The van der Waals surface area contributed by atoms with Crippen LogP contribution < -0.4 is 5.32 Å². The summed E-state index contributed by atoms with van der Waals surface area (Å²) < 4.78 is 10.7. The number of carbonyl (C=O) groups is 2. The van der Waals surface area contributed by atoms with Crippen LogP contribution >= 0.6 is 11.6 Å². The number of hydrogen-bond donors (Lipinski definition) is 1. The molecule has 0 unspecified atom stereocenters. The van der Waals surface area contributed by atoms with Gasteiger partial charge in [0.25, 0.3) is 0 Å². The number of benzene rings is 3. The van der Waals surface area contributed by atoms with E-state index in [0.29, 0.717) is 17.9 Å². The van der Waals surface area contributed by atoms with Crippen LogP contribution in [0.3, 0.4) is 0 Å². The molecule has 3 rings (SSSR count). The largest absolute Gasteiger partial charge is 0.468 e. The second kappa shape index (κ2) is 13.8. The van der Waals surface area contributed by atoms with E-state index < -0.39 is 18.1 Å². The number of nitrogens with one attached hydrogen (secondary N) is 1. The number of halogens is 1. The Morgan fingerprint density at radius 3 is 2.11 bits per heavy atom. The Balaban J connectivity index is 1.72. The molecule has 190 valence electrons. The summed E-state index contributed by atoms with van der Waals surface area (Å²) in [6.07, 6.45) is 1.65. The van der Waals surface area contributed by atoms with Gasteiger partial charge in [0.15, 0.2) is 0 Å². The molecule has 0 aliphatic carbocycles. The van der Waals surface area contributed by atoms with E-state index in [9.17, 15) is 9.59 Å². The molecule has 0 aliphatic rings. The number of hydrogen-bond acceptors (Lipinski definition) is 5. The molecule has 3 aromatic carbocycles. The Labute approximate surface area is 218 Å². The van der Waals surface area contributed by atoms with E-state index in [-0.39, 0.29) is 18.5 Å². The van der Waals surface area contributed by atoms with Gasteiger partial charge >= 0.3 is 11.9 Å². The van der Waals surface area contributed by atoms with Gasteiger partial charge in [-0.3, -0.25) is 14.9 Å². The number of rotatable bonds is 12. The Morgan fingerprint density at radius 2 is 1.44 bits per heavy atom. The van der Waals surface area contributed by atoms with Gasteiger partial charge in [0.2, 0.25) is 0 Å². The second-order valence-electron chi connectivity index (χ2n) is 9.35. The number of esters is 2. The van der Waals surface area contributed by atoms with E-state index >= 15 is 0 Å². The Bertz CT molecular complexity index is 1130. The molecule has 0 saturated carbocycles. The molecule has 1 N–H and O–H groups in total. The van der Waals surface area contributed by atoms with E-state index in [4.69, 9.17) is 21.1 Å². The summed E-state index contributed by atoms with van der Waals surface area (Å²) in [6, 6.07) is 24.1. The van der Waals surface area contributed by atoms with Crippen LogP contribution in [0.25, 0.3) is 0 Å². The molecule has 36 heavy (non-hydrogen) atoms. The summed E-state index contributed by atoms with van der Waals surface area (Å²) in [6.45, 7) is 4.25. The third-order valence-corrected chi connectivity index (χ3v) is 6.07. The number of methoxy groups -OCH3 is 1. The highest BCUT2D eigenvalue weighted by molar-refractivity contribution is 6.30. The van der Waals surface area contributed by atoms with Crippen LogP contribution in [-0.2, 0) is 38.5 Å². The van der Waals surface area contributed by atoms with Crippen molar-refractivity contribution in [2.75, 3.05) is 7.11 Å². The van der Waals surface area contributed by atoms with Crippen molar-refractivity contribution in [2.45, 2.75) is 51.8 Å². The van der Waals surface area contributed by atoms with Crippen LogP contribution in [0.2, 0.25) is 5.02 Å². The van der Waals surface area contributed by atoms with Crippen molar-refractivity contribution in [3.8, 4) is 0 Å². The maximum atomic E-state index is 13.0. The molecule has 0 radical (unpaired) electrons. The molecule has 0 spiro atoms. The average Bonchev–Trinajstić information content (AvgIpc) is 2.86. The molecule has 0 bridgehead atoms.